The molecule has 0 bridgehead atoms. The quantitative estimate of drug-likeness (QED) is 0.670. The van der Waals surface area contributed by atoms with Gasteiger partial charge in [0.1, 0.15) is 11.5 Å². The van der Waals surface area contributed by atoms with Gasteiger partial charge in [-0.25, -0.2) is 0 Å². The molecule has 2 atom stereocenters. The second kappa shape index (κ2) is 10.0. The van der Waals surface area contributed by atoms with Crippen molar-refractivity contribution in [1.82, 2.24) is 0 Å². The van der Waals surface area contributed by atoms with Gasteiger partial charge in [0.2, 0.25) is 5.91 Å². The minimum Gasteiger partial charge on any atom is -0.497 e. The SMILES string of the molecule is COC[C@H]1CN(c2ccc(C#N)c(C(F)(F)F)c2)C[C@@H]1C(=O)Nc1cc(OC)cc(OC)c1. The third-order valence-electron chi connectivity index (χ3n) is 5.57. The van der Waals surface area contributed by atoms with Gasteiger partial charge in [-0.2, -0.15) is 18.4 Å². The Bertz CT molecular complexity index is 1030. The van der Waals surface area contributed by atoms with E-state index in [2.05, 4.69) is 5.32 Å². The number of hydrogen-bond donors (Lipinski definition) is 1. The zero-order chi connectivity index (χ0) is 24.2. The molecule has 1 amide bonds. The predicted molar refractivity (Wildman–Crippen MR) is 115 cm³/mol. The summed E-state index contributed by atoms with van der Waals surface area (Å²) in [4.78, 5) is 14.8. The van der Waals surface area contributed by atoms with Crippen LogP contribution in [-0.4, -0.2) is 46.9 Å². The van der Waals surface area contributed by atoms with Crippen molar-refractivity contribution < 1.29 is 32.2 Å². The lowest BCUT2D eigenvalue weighted by molar-refractivity contribution is -0.137. The van der Waals surface area contributed by atoms with Gasteiger partial charge in [0.15, 0.2) is 0 Å². The molecule has 0 spiro atoms. The average molecular weight is 463 g/mol. The van der Waals surface area contributed by atoms with E-state index in [0.29, 0.717) is 29.4 Å². The molecule has 7 nitrogen and oxygen atoms in total. The Balaban J connectivity index is 1.84. The van der Waals surface area contributed by atoms with Crippen LogP contribution in [0.3, 0.4) is 0 Å². The third kappa shape index (κ3) is 5.49. The number of nitriles is 1. The highest BCUT2D eigenvalue weighted by molar-refractivity contribution is 5.94. The molecule has 1 aliphatic rings. The summed E-state index contributed by atoms with van der Waals surface area (Å²) in [6, 6.07) is 10.1. The molecule has 33 heavy (non-hydrogen) atoms. The van der Waals surface area contributed by atoms with Crippen LogP contribution in [0.1, 0.15) is 11.1 Å². The lowest BCUT2D eigenvalue weighted by Gasteiger charge is -2.20. The van der Waals surface area contributed by atoms with Crippen LogP contribution in [-0.2, 0) is 15.7 Å². The Hall–Kier alpha value is -3.45. The molecule has 1 heterocycles. The maximum absolute atomic E-state index is 13.4. The average Bonchev–Trinajstić information content (AvgIpc) is 3.22. The maximum Gasteiger partial charge on any atom is 0.417 e. The van der Waals surface area contributed by atoms with Crippen molar-refractivity contribution in [2.45, 2.75) is 6.18 Å². The third-order valence-corrected chi connectivity index (χ3v) is 5.57. The van der Waals surface area contributed by atoms with Gasteiger partial charge < -0.3 is 24.4 Å². The van der Waals surface area contributed by atoms with Crippen LogP contribution in [0.25, 0.3) is 0 Å². The molecule has 1 fully saturated rings. The zero-order valence-corrected chi connectivity index (χ0v) is 18.4. The largest absolute Gasteiger partial charge is 0.497 e. The number of amides is 1. The van der Waals surface area contributed by atoms with Gasteiger partial charge >= 0.3 is 6.18 Å². The second-order valence-electron chi connectivity index (χ2n) is 7.66. The molecule has 0 radical (unpaired) electrons. The van der Waals surface area contributed by atoms with Crippen LogP contribution in [0, 0.1) is 23.2 Å². The number of nitrogens with one attached hydrogen (secondary N) is 1. The van der Waals surface area contributed by atoms with Crippen molar-refractivity contribution in [1.29, 1.82) is 5.26 Å². The monoisotopic (exact) mass is 463 g/mol. The molecule has 2 aromatic carbocycles. The van der Waals surface area contributed by atoms with Crippen molar-refractivity contribution in [3.8, 4) is 17.6 Å². The van der Waals surface area contributed by atoms with E-state index in [-0.39, 0.29) is 25.0 Å². The van der Waals surface area contributed by atoms with Crippen molar-refractivity contribution in [2.24, 2.45) is 11.8 Å². The first kappa shape index (κ1) is 24.2. The van der Waals surface area contributed by atoms with E-state index in [9.17, 15) is 18.0 Å². The number of rotatable bonds is 7. The van der Waals surface area contributed by atoms with Crippen molar-refractivity contribution in [3.63, 3.8) is 0 Å². The van der Waals surface area contributed by atoms with Crippen LogP contribution in [0.4, 0.5) is 24.5 Å². The van der Waals surface area contributed by atoms with E-state index < -0.39 is 23.2 Å². The number of carbonyl (C=O) groups is 1. The molecule has 10 heteroatoms. The van der Waals surface area contributed by atoms with E-state index in [1.54, 1.807) is 29.2 Å². The molecule has 3 rings (SSSR count). The van der Waals surface area contributed by atoms with Crippen LogP contribution in [0.5, 0.6) is 11.5 Å². The Morgan fingerprint density at radius 2 is 1.79 bits per heavy atom. The van der Waals surface area contributed by atoms with E-state index in [0.717, 1.165) is 12.1 Å². The van der Waals surface area contributed by atoms with Crippen LogP contribution in [0.15, 0.2) is 36.4 Å². The van der Waals surface area contributed by atoms with Gasteiger partial charge in [-0.05, 0) is 18.2 Å². The molecule has 176 valence electrons. The summed E-state index contributed by atoms with van der Waals surface area (Å²) in [5.41, 5.74) is -0.674. The lowest BCUT2D eigenvalue weighted by atomic mass is 9.96. The fraction of sp³-hybridized carbons (Fsp3) is 0.391. The second-order valence-corrected chi connectivity index (χ2v) is 7.66. The lowest BCUT2D eigenvalue weighted by Crippen LogP contribution is -2.31. The highest BCUT2D eigenvalue weighted by Gasteiger charge is 2.39. The number of methoxy groups -OCH3 is 3. The number of carbonyl (C=O) groups excluding carboxylic acids is 1. The molecule has 0 aromatic heterocycles. The number of anilines is 2. The molecule has 1 saturated heterocycles. The highest BCUT2D eigenvalue weighted by atomic mass is 19.4. The molecule has 0 unspecified atom stereocenters. The highest BCUT2D eigenvalue weighted by Crippen LogP contribution is 2.37. The molecule has 0 saturated carbocycles. The summed E-state index contributed by atoms with van der Waals surface area (Å²) in [6.07, 6.45) is -4.66. The summed E-state index contributed by atoms with van der Waals surface area (Å²) in [5.74, 6) is -0.0639. The predicted octanol–water partition coefficient (Wildman–Crippen LogP) is 3.93. The summed E-state index contributed by atoms with van der Waals surface area (Å²) in [7, 11) is 4.50. The van der Waals surface area contributed by atoms with Gasteiger partial charge in [-0.3, -0.25) is 4.79 Å². The van der Waals surface area contributed by atoms with Crippen molar-refractivity contribution in [2.75, 3.05) is 51.2 Å². The van der Waals surface area contributed by atoms with E-state index >= 15 is 0 Å². The molecular weight excluding hydrogens is 439 g/mol. The van der Waals surface area contributed by atoms with Crippen LogP contribution < -0.4 is 19.7 Å². The number of hydrogen-bond acceptors (Lipinski definition) is 6. The maximum atomic E-state index is 13.4. The first-order chi connectivity index (χ1) is 15.7. The molecular formula is C23H24F3N3O4. The Morgan fingerprint density at radius 1 is 1.12 bits per heavy atom. The minimum atomic E-state index is -4.66. The van der Waals surface area contributed by atoms with Gasteiger partial charge in [0, 0.05) is 55.7 Å². The normalized spacial score (nSPS) is 18.0. The first-order valence-corrected chi connectivity index (χ1v) is 10.1. The number of ether oxygens (including phenoxy) is 3. The van der Waals surface area contributed by atoms with Crippen molar-refractivity contribution >= 4 is 17.3 Å². The summed E-state index contributed by atoms with van der Waals surface area (Å²) in [5, 5.41) is 11.9. The van der Waals surface area contributed by atoms with Gasteiger partial charge in [0.25, 0.3) is 0 Å². The minimum absolute atomic E-state index is 0.199. The Labute approximate surface area is 189 Å². The fourth-order valence-electron chi connectivity index (χ4n) is 3.94. The van der Waals surface area contributed by atoms with E-state index in [1.165, 1.54) is 27.4 Å². The van der Waals surface area contributed by atoms with E-state index in [4.69, 9.17) is 19.5 Å². The molecule has 2 aromatic rings. The standard InChI is InChI=1S/C23H24F3N3O4/c1-31-13-15-11-29(17-5-4-14(10-27)21(8-17)23(24,25)26)12-20(15)22(30)28-16-6-18(32-2)9-19(7-16)33-3/h4-9,15,20H,11-13H2,1-3H3,(H,28,30)/t15-,20+/m1/s1. The first-order valence-electron chi connectivity index (χ1n) is 10.1. The molecule has 1 N–H and O–H groups in total. The zero-order valence-electron chi connectivity index (χ0n) is 18.4. The van der Waals surface area contributed by atoms with Crippen LogP contribution in [0.2, 0.25) is 0 Å². The van der Waals surface area contributed by atoms with Crippen molar-refractivity contribution in [3.05, 3.63) is 47.5 Å². The van der Waals surface area contributed by atoms with E-state index in [1.807, 2.05) is 0 Å². The fourth-order valence-corrected chi connectivity index (χ4v) is 3.94. The molecule has 0 aliphatic carbocycles. The topological polar surface area (TPSA) is 83.8 Å². The smallest absolute Gasteiger partial charge is 0.417 e. The summed E-state index contributed by atoms with van der Waals surface area (Å²) in [6.45, 7) is 0.791. The number of halogens is 3. The number of alkyl halides is 3. The number of nitrogens with zero attached hydrogens (tertiary/aromatic N) is 2. The van der Waals surface area contributed by atoms with Crippen LogP contribution >= 0.6 is 0 Å². The van der Waals surface area contributed by atoms with Gasteiger partial charge in [0.05, 0.1) is 43.9 Å². The Kier molecular flexibility index (Phi) is 7.33. The number of benzene rings is 2. The Morgan fingerprint density at radius 3 is 2.33 bits per heavy atom. The van der Waals surface area contributed by atoms with Gasteiger partial charge in [-0.1, -0.05) is 0 Å². The summed E-state index contributed by atoms with van der Waals surface area (Å²) >= 11 is 0. The molecule has 1 aliphatic heterocycles. The summed E-state index contributed by atoms with van der Waals surface area (Å²) < 4.78 is 55.9. The van der Waals surface area contributed by atoms with Gasteiger partial charge in [-0.15, -0.1) is 0 Å².